The number of hydrogen-bond acceptors (Lipinski definition) is 4. The summed E-state index contributed by atoms with van der Waals surface area (Å²) in [5, 5.41) is 11.3. The predicted octanol–water partition coefficient (Wildman–Crippen LogP) is 1.52. The lowest BCUT2D eigenvalue weighted by atomic mass is 10.3. The number of thiophene rings is 1. The van der Waals surface area contributed by atoms with Crippen LogP contribution in [0.15, 0.2) is 16.8 Å². The van der Waals surface area contributed by atoms with Crippen molar-refractivity contribution in [2.45, 2.75) is 37.6 Å². The van der Waals surface area contributed by atoms with E-state index in [1.165, 1.54) is 22.6 Å². The zero-order chi connectivity index (χ0) is 13.3. The van der Waals surface area contributed by atoms with Crippen LogP contribution in [0.5, 0.6) is 0 Å². The van der Waals surface area contributed by atoms with Crippen molar-refractivity contribution in [3.05, 3.63) is 22.4 Å². The SMILES string of the molecule is CC(C(=O)O)S(=O)(=O)N(Cc1ccsc1)C1CC1. The minimum absolute atomic E-state index is 0.0308. The monoisotopic (exact) mass is 289 g/mol. The molecule has 1 fully saturated rings. The summed E-state index contributed by atoms with van der Waals surface area (Å²) in [5.74, 6) is -1.30. The number of rotatable bonds is 6. The molecular weight excluding hydrogens is 274 g/mol. The lowest BCUT2D eigenvalue weighted by Gasteiger charge is -2.23. The molecule has 0 bridgehead atoms. The molecule has 1 aromatic rings. The van der Waals surface area contributed by atoms with E-state index in [-0.39, 0.29) is 12.6 Å². The molecule has 1 unspecified atom stereocenters. The van der Waals surface area contributed by atoms with E-state index in [1.807, 2.05) is 16.8 Å². The number of aliphatic carboxylic acids is 1. The Morgan fingerprint density at radius 1 is 1.61 bits per heavy atom. The largest absolute Gasteiger partial charge is 0.480 e. The van der Waals surface area contributed by atoms with Gasteiger partial charge in [0.1, 0.15) is 0 Å². The van der Waals surface area contributed by atoms with Crippen molar-refractivity contribution in [2.24, 2.45) is 0 Å². The molecule has 1 heterocycles. The van der Waals surface area contributed by atoms with E-state index < -0.39 is 21.2 Å². The molecule has 100 valence electrons. The van der Waals surface area contributed by atoms with Crippen LogP contribution in [0.1, 0.15) is 25.3 Å². The van der Waals surface area contributed by atoms with Crippen molar-refractivity contribution in [2.75, 3.05) is 0 Å². The van der Waals surface area contributed by atoms with Gasteiger partial charge in [0.25, 0.3) is 0 Å². The van der Waals surface area contributed by atoms with E-state index in [1.54, 1.807) is 0 Å². The highest BCUT2D eigenvalue weighted by molar-refractivity contribution is 7.90. The van der Waals surface area contributed by atoms with Gasteiger partial charge in [-0.1, -0.05) is 0 Å². The Hall–Kier alpha value is -0.920. The van der Waals surface area contributed by atoms with Crippen LogP contribution in [0.2, 0.25) is 0 Å². The van der Waals surface area contributed by atoms with E-state index >= 15 is 0 Å². The molecule has 0 aromatic carbocycles. The minimum Gasteiger partial charge on any atom is -0.480 e. The Balaban J connectivity index is 2.22. The molecule has 1 saturated carbocycles. The molecule has 0 spiro atoms. The smallest absolute Gasteiger partial charge is 0.323 e. The Morgan fingerprint density at radius 2 is 2.28 bits per heavy atom. The molecule has 0 saturated heterocycles. The fraction of sp³-hybridized carbons (Fsp3) is 0.545. The average Bonchev–Trinajstić information content (AvgIpc) is 3.01. The molecule has 0 aliphatic heterocycles. The fourth-order valence-corrected chi connectivity index (χ4v) is 3.96. The summed E-state index contributed by atoms with van der Waals surface area (Å²) in [6.45, 7) is 1.49. The molecular formula is C11H15NO4S2. The molecule has 2 rings (SSSR count). The first-order chi connectivity index (χ1) is 8.43. The van der Waals surface area contributed by atoms with E-state index in [0.29, 0.717) is 0 Å². The van der Waals surface area contributed by atoms with Gasteiger partial charge in [0, 0.05) is 12.6 Å². The highest BCUT2D eigenvalue weighted by atomic mass is 32.2. The van der Waals surface area contributed by atoms with Gasteiger partial charge in [0.15, 0.2) is 5.25 Å². The summed E-state index contributed by atoms with van der Waals surface area (Å²) in [4.78, 5) is 10.9. The molecule has 1 aliphatic carbocycles. The molecule has 1 N–H and O–H groups in total. The second kappa shape index (κ2) is 4.99. The number of carbonyl (C=O) groups is 1. The molecule has 1 aromatic heterocycles. The Kier molecular flexibility index (Phi) is 3.74. The van der Waals surface area contributed by atoms with Gasteiger partial charge in [-0.15, -0.1) is 0 Å². The van der Waals surface area contributed by atoms with Gasteiger partial charge in [-0.2, -0.15) is 15.6 Å². The number of hydrogen-bond donors (Lipinski definition) is 1. The van der Waals surface area contributed by atoms with Crippen LogP contribution in [0.25, 0.3) is 0 Å². The number of carboxylic acids is 1. The van der Waals surface area contributed by atoms with Gasteiger partial charge < -0.3 is 5.11 Å². The van der Waals surface area contributed by atoms with Gasteiger partial charge in [0.05, 0.1) is 0 Å². The molecule has 1 aliphatic rings. The van der Waals surface area contributed by atoms with Crippen LogP contribution < -0.4 is 0 Å². The minimum atomic E-state index is -3.77. The molecule has 1 atom stereocenters. The maximum Gasteiger partial charge on any atom is 0.323 e. The number of carboxylic acid groups (broad SMARTS) is 1. The van der Waals surface area contributed by atoms with Crippen LogP contribution in [0, 0.1) is 0 Å². The Morgan fingerprint density at radius 3 is 2.72 bits per heavy atom. The third-order valence-corrected chi connectivity index (χ3v) is 5.90. The summed E-state index contributed by atoms with van der Waals surface area (Å²) in [5.41, 5.74) is 0.910. The van der Waals surface area contributed by atoms with Crippen molar-refractivity contribution in [1.82, 2.24) is 4.31 Å². The van der Waals surface area contributed by atoms with Crippen LogP contribution in [0.4, 0.5) is 0 Å². The van der Waals surface area contributed by atoms with Crippen molar-refractivity contribution in [3.8, 4) is 0 Å². The summed E-state index contributed by atoms with van der Waals surface area (Å²) >= 11 is 1.50. The van der Waals surface area contributed by atoms with E-state index in [0.717, 1.165) is 18.4 Å². The Labute approximate surface area is 110 Å². The standard InChI is InChI=1S/C11H15NO4S2/c1-8(11(13)14)18(15,16)12(10-2-3-10)6-9-4-5-17-7-9/h4-5,7-8,10H,2-3,6H2,1H3,(H,13,14). The summed E-state index contributed by atoms with van der Waals surface area (Å²) in [7, 11) is -3.77. The highest BCUT2D eigenvalue weighted by Gasteiger charge is 2.42. The van der Waals surface area contributed by atoms with Crippen LogP contribution >= 0.6 is 11.3 Å². The third-order valence-electron chi connectivity index (χ3n) is 2.99. The topological polar surface area (TPSA) is 74.7 Å². The second-order valence-electron chi connectivity index (χ2n) is 4.43. The van der Waals surface area contributed by atoms with Crippen molar-refractivity contribution >= 4 is 27.3 Å². The predicted molar refractivity (Wildman–Crippen MR) is 68.9 cm³/mol. The molecule has 0 radical (unpaired) electrons. The normalized spacial score (nSPS) is 17.9. The van der Waals surface area contributed by atoms with Crippen molar-refractivity contribution in [3.63, 3.8) is 0 Å². The quantitative estimate of drug-likeness (QED) is 0.861. The van der Waals surface area contributed by atoms with Crippen LogP contribution in [0.3, 0.4) is 0 Å². The van der Waals surface area contributed by atoms with Gasteiger partial charge in [0.2, 0.25) is 10.0 Å². The van der Waals surface area contributed by atoms with Gasteiger partial charge in [-0.3, -0.25) is 4.79 Å². The summed E-state index contributed by atoms with van der Waals surface area (Å²) in [6.07, 6.45) is 1.63. The lowest BCUT2D eigenvalue weighted by Crippen LogP contribution is -2.41. The Bertz CT molecular complexity index is 519. The second-order valence-corrected chi connectivity index (χ2v) is 7.42. The maximum absolute atomic E-state index is 12.2. The zero-order valence-electron chi connectivity index (χ0n) is 9.94. The van der Waals surface area contributed by atoms with E-state index in [9.17, 15) is 13.2 Å². The molecule has 18 heavy (non-hydrogen) atoms. The molecule has 0 amide bonds. The number of nitrogens with zero attached hydrogens (tertiary/aromatic N) is 1. The molecule has 7 heteroatoms. The lowest BCUT2D eigenvalue weighted by molar-refractivity contribution is -0.136. The summed E-state index contributed by atoms with van der Waals surface area (Å²) < 4.78 is 25.8. The van der Waals surface area contributed by atoms with Crippen molar-refractivity contribution < 1.29 is 18.3 Å². The van der Waals surface area contributed by atoms with Gasteiger partial charge in [-0.05, 0) is 42.2 Å². The van der Waals surface area contributed by atoms with E-state index in [4.69, 9.17) is 5.11 Å². The summed E-state index contributed by atoms with van der Waals surface area (Å²) in [6, 6.07) is 1.83. The fourth-order valence-electron chi connectivity index (χ4n) is 1.68. The van der Waals surface area contributed by atoms with Gasteiger partial charge in [-0.25, -0.2) is 8.42 Å². The highest BCUT2D eigenvalue weighted by Crippen LogP contribution is 2.32. The maximum atomic E-state index is 12.2. The average molecular weight is 289 g/mol. The molecule has 5 nitrogen and oxygen atoms in total. The van der Waals surface area contributed by atoms with E-state index in [2.05, 4.69) is 0 Å². The first-order valence-corrected chi connectivity index (χ1v) is 8.12. The van der Waals surface area contributed by atoms with Crippen LogP contribution in [-0.2, 0) is 21.4 Å². The number of sulfonamides is 1. The van der Waals surface area contributed by atoms with Crippen LogP contribution in [-0.4, -0.2) is 35.1 Å². The van der Waals surface area contributed by atoms with Gasteiger partial charge >= 0.3 is 5.97 Å². The van der Waals surface area contributed by atoms with Crippen molar-refractivity contribution in [1.29, 1.82) is 0 Å². The zero-order valence-corrected chi connectivity index (χ0v) is 11.6. The first-order valence-electron chi connectivity index (χ1n) is 5.67. The third kappa shape index (κ3) is 2.73. The first kappa shape index (κ1) is 13.5.